The van der Waals surface area contributed by atoms with Crippen molar-refractivity contribution in [1.82, 2.24) is 19.6 Å². The summed E-state index contributed by atoms with van der Waals surface area (Å²) in [6.07, 6.45) is 0.183. The number of hydrogen-bond acceptors (Lipinski definition) is 3. The van der Waals surface area contributed by atoms with Gasteiger partial charge in [-0.1, -0.05) is 29.8 Å². The van der Waals surface area contributed by atoms with Gasteiger partial charge in [0.05, 0.1) is 28.6 Å². The Labute approximate surface area is 179 Å². The van der Waals surface area contributed by atoms with E-state index in [4.69, 9.17) is 0 Å². The van der Waals surface area contributed by atoms with Crippen LogP contribution in [0.15, 0.2) is 41.1 Å². The highest BCUT2D eigenvalue weighted by Crippen LogP contribution is 2.46. The molecule has 10 heteroatoms. The minimum absolute atomic E-state index is 0.00662. The molecule has 0 atom stereocenters. The Balaban J connectivity index is 1.45. The molecule has 0 bridgehead atoms. The number of aryl methyl sites for hydroxylation is 1. The lowest BCUT2D eigenvalue weighted by molar-refractivity contribution is -0.142. The summed E-state index contributed by atoms with van der Waals surface area (Å²) >= 11 is 3.03. The third-order valence-corrected chi connectivity index (χ3v) is 5.58. The number of rotatable bonds is 6. The van der Waals surface area contributed by atoms with Gasteiger partial charge in [-0.25, -0.2) is 0 Å². The fraction of sp³-hybridized carbons (Fsp3) is 0.350. The molecule has 3 aromatic rings. The molecule has 2 heterocycles. The van der Waals surface area contributed by atoms with Crippen molar-refractivity contribution in [3.05, 3.63) is 63.6 Å². The van der Waals surface area contributed by atoms with Crippen molar-refractivity contribution in [2.45, 2.75) is 44.9 Å². The van der Waals surface area contributed by atoms with E-state index in [0.29, 0.717) is 17.9 Å². The van der Waals surface area contributed by atoms with Crippen molar-refractivity contribution in [1.29, 1.82) is 0 Å². The molecule has 1 aliphatic rings. The first-order valence-corrected chi connectivity index (χ1v) is 10.2. The Hall–Kier alpha value is -2.62. The minimum atomic E-state index is -4.58. The Morgan fingerprint density at radius 1 is 1.33 bits per heavy atom. The van der Waals surface area contributed by atoms with E-state index >= 15 is 0 Å². The number of carbonyl (C=O) groups is 1. The van der Waals surface area contributed by atoms with Crippen molar-refractivity contribution >= 4 is 27.5 Å². The molecular formula is C20H19BrF3N5O. The van der Waals surface area contributed by atoms with Gasteiger partial charge in [0.1, 0.15) is 6.54 Å². The molecule has 1 aliphatic carbocycles. The van der Waals surface area contributed by atoms with E-state index in [1.807, 2.05) is 31.2 Å². The van der Waals surface area contributed by atoms with E-state index in [1.165, 1.54) is 6.20 Å². The summed E-state index contributed by atoms with van der Waals surface area (Å²) in [5, 5.41) is 10.6. The number of amides is 1. The predicted octanol–water partition coefficient (Wildman–Crippen LogP) is 4.73. The molecule has 0 unspecified atom stereocenters. The smallest absolute Gasteiger partial charge is 0.322 e. The van der Waals surface area contributed by atoms with Crippen LogP contribution in [-0.4, -0.2) is 25.5 Å². The largest absolute Gasteiger partial charge is 0.436 e. The van der Waals surface area contributed by atoms with Gasteiger partial charge >= 0.3 is 6.18 Å². The highest BCUT2D eigenvalue weighted by molar-refractivity contribution is 9.10. The number of carbonyl (C=O) groups excluding carboxylic acids is 1. The molecule has 0 aliphatic heterocycles. The quantitative estimate of drug-likeness (QED) is 0.553. The van der Waals surface area contributed by atoms with Gasteiger partial charge in [0, 0.05) is 12.1 Å². The maximum absolute atomic E-state index is 13.2. The van der Waals surface area contributed by atoms with Gasteiger partial charge in [-0.05, 0) is 41.3 Å². The Morgan fingerprint density at radius 2 is 2.10 bits per heavy atom. The summed E-state index contributed by atoms with van der Waals surface area (Å²) in [5.74, 6) is -0.469. The number of hydrogen-bond donors (Lipinski definition) is 1. The fourth-order valence-electron chi connectivity index (χ4n) is 3.35. The Morgan fingerprint density at radius 3 is 2.77 bits per heavy atom. The number of aromatic nitrogens is 4. The number of nitrogens with zero attached hydrogens (tertiary/aromatic N) is 4. The third-order valence-electron chi connectivity index (χ3n) is 4.80. The van der Waals surface area contributed by atoms with E-state index < -0.39 is 17.8 Å². The lowest BCUT2D eigenvalue weighted by Crippen LogP contribution is -2.21. The third kappa shape index (κ3) is 4.58. The van der Waals surface area contributed by atoms with Gasteiger partial charge in [-0.2, -0.15) is 23.4 Å². The van der Waals surface area contributed by atoms with Crippen LogP contribution in [0, 0.1) is 6.92 Å². The van der Waals surface area contributed by atoms with Crippen molar-refractivity contribution in [2.75, 3.05) is 5.32 Å². The molecule has 0 radical (unpaired) electrons. The highest BCUT2D eigenvalue weighted by Gasteiger charge is 2.41. The van der Waals surface area contributed by atoms with Crippen LogP contribution in [0.4, 0.5) is 18.9 Å². The average Bonchev–Trinajstić information content (AvgIpc) is 3.30. The van der Waals surface area contributed by atoms with Crippen molar-refractivity contribution < 1.29 is 18.0 Å². The molecule has 4 rings (SSSR count). The molecule has 1 N–H and O–H groups in total. The SMILES string of the molecule is Cc1cccc(Cn2cc(NC(=O)Cn3nc(C(F)(F)F)c(Br)c3C3CC3)cn2)c1. The van der Waals surface area contributed by atoms with E-state index in [-0.39, 0.29) is 16.9 Å². The number of benzene rings is 1. The van der Waals surface area contributed by atoms with Crippen LogP contribution in [0.3, 0.4) is 0 Å². The monoisotopic (exact) mass is 481 g/mol. The molecule has 2 aromatic heterocycles. The van der Waals surface area contributed by atoms with Gasteiger partial charge < -0.3 is 5.32 Å². The lowest BCUT2D eigenvalue weighted by Gasteiger charge is -2.07. The summed E-state index contributed by atoms with van der Waals surface area (Å²) in [6.45, 7) is 2.25. The summed E-state index contributed by atoms with van der Waals surface area (Å²) in [7, 11) is 0. The molecule has 1 aromatic carbocycles. The highest BCUT2D eigenvalue weighted by atomic mass is 79.9. The first kappa shape index (κ1) is 20.6. The van der Waals surface area contributed by atoms with Crippen LogP contribution >= 0.6 is 15.9 Å². The Bertz CT molecular complexity index is 1080. The second-order valence-electron chi connectivity index (χ2n) is 7.44. The topological polar surface area (TPSA) is 64.7 Å². The van der Waals surface area contributed by atoms with E-state index in [9.17, 15) is 18.0 Å². The van der Waals surface area contributed by atoms with E-state index in [2.05, 4.69) is 31.4 Å². The molecule has 1 fully saturated rings. The van der Waals surface area contributed by atoms with Gasteiger partial charge in [0.2, 0.25) is 5.91 Å². The van der Waals surface area contributed by atoms with E-state index in [0.717, 1.165) is 28.7 Å². The van der Waals surface area contributed by atoms with Crippen LogP contribution < -0.4 is 5.32 Å². The summed E-state index contributed by atoms with van der Waals surface area (Å²) in [5.41, 5.74) is 2.12. The van der Waals surface area contributed by atoms with Crippen molar-refractivity contribution in [3.63, 3.8) is 0 Å². The predicted molar refractivity (Wildman–Crippen MR) is 108 cm³/mol. The fourth-order valence-corrected chi connectivity index (χ4v) is 4.18. The standard InChI is InChI=1S/C20H19BrF3N5O/c1-12-3-2-4-13(7-12)9-28-10-15(8-25-28)26-16(30)11-29-18(14-5-6-14)17(21)19(27-29)20(22,23)24/h2-4,7-8,10,14H,5-6,9,11H2,1H3,(H,26,30). The van der Waals surface area contributed by atoms with Crippen molar-refractivity contribution in [3.8, 4) is 0 Å². The second-order valence-corrected chi connectivity index (χ2v) is 8.23. The molecule has 0 spiro atoms. The van der Waals surface area contributed by atoms with E-state index in [1.54, 1.807) is 10.9 Å². The van der Waals surface area contributed by atoms with Gasteiger partial charge in [0.25, 0.3) is 0 Å². The zero-order valence-electron chi connectivity index (χ0n) is 16.1. The minimum Gasteiger partial charge on any atom is -0.322 e. The summed E-state index contributed by atoms with van der Waals surface area (Å²) in [6, 6.07) is 8.00. The molecule has 1 amide bonds. The van der Waals surface area contributed by atoms with Crippen LogP contribution in [-0.2, 0) is 24.1 Å². The number of anilines is 1. The maximum Gasteiger partial charge on any atom is 0.436 e. The van der Waals surface area contributed by atoms with Gasteiger partial charge in [-0.3, -0.25) is 14.2 Å². The van der Waals surface area contributed by atoms with Crippen molar-refractivity contribution in [2.24, 2.45) is 0 Å². The molecule has 30 heavy (non-hydrogen) atoms. The maximum atomic E-state index is 13.2. The number of nitrogens with one attached hydrogen (secondary N) is 1. The normalized spacial score (nSPS) is 14.2. The molecule has 0 saturated heterocycles. The molecule has 6 nitrogen and oxygen atoms in total. The van der Waals surface area contributed by atoms with Crippen LogP contribution in [0.5, 0.6) is 0 Å². The molecule has 158 valence electrons. The molecule has 1 saturated carbocycles. The van der Waals surface area contributed by atoms with Crippen LogP contribution in [0.25, 0.3) is 0 Å². The first-order chi connectivity index (χ1) is 14.2. The summed E-state index contributed by atoms with van der Waals surface area (Å²) < 4.78 is 42.4. The van der Waals surface area contributed by atoms with Crippen LogP contribution in [0.2, 0.25) is 0 Å². The average molecular weight is 482 g/mol. The molecular weight excluding hydrogens is 463 g/mol. The lowest BCUT2D eigenvalue weighted by atomic mass is 10.1. The first-order valence-electron chi connectivity index (χ1n) is 9.42. The zero-order chi connectivity index (χ0) is 21.5. The van der Waals surface area contributed by atoms with Gasteiger partial charge in [-0.15, -0.1) is 0 Å². The zero-order valence-corrected chi connectivity index (χ0v) is 17.7. The Kier molecular flexibility index (Phi) is 5.44. The number of alkyl halides is 3. The number of halogens is 4. The summed E-state index contributed by atoms with van der Waals surface area (Å²) in [4.78, 5) is 12.5. The second kappa shape index (κ2) is 7.90. The van der Waals surface area contributed by atoms with Gasteiger partial charge in [0.15, 0.2) is 5.69 Å². The van der Waals surface area contributed by atoms with Crippen LogP contribution in [0.1, 0.15) is 41.3 Å².